The number of anilines is 2. The van der Waals surface area contributed by atoms with E-state index in [9.17, 15) is 9.18 Å². The van der Waals surface area contributed by atoms with Crippen LogP contribution in [0.15, 0.2) is 60.0 Å². The first-order valence-electron chi connectivity index (χ1n) is 9.66. The van der Waals surface area contributed by atoms with Gasteiger partial charge in [-0.05, 0) is 42.7 Å². The van der Waals surface area contributed by atoms with Crippen LogP contribution in [0.4, 0.5) is 15.8 Å². The van der Waals surface area contributed by atoms with Crippen LogP contribution in [0.2, 0.25) is 0 Å². The van der Waals surface area contributed by atoms with Gasteiger partial charge in [0.2, 0.25) is 0 Å². The van der Waals surface area contributed by atoms with Gasteiger partial charge in [-0.1, -0.05) is 30.0 Å². The van der Waals surface area contributed by atoms with E-state index in [-0.39, 0.29) is 11.6 Å². The van der Waals surface area contributed by atoms with Crippen LogP contribution in [0.1, 0.15) is 28.8 Å². The van der Waals surface area contributed by atoms with Crippen molar-refractivity contribution in [2.45, 2.75) is 23.8 Å². The summed E-state index contributed by atoms with van der Waals surface area (Å²) < 4.78 is 16.5. The minimum absolute atomic E-state index is 0.257. The zero-order chi connectivity index (χ0) is 20.2. The van der Waals surface area contributed by atoms with Crippen LogP contribution in [0, 0.1) is 5.82 Å². The number of nitrogens with zero attached hydrogens (tertiary/aromatic N) is 3. The molecular formula is C22H23FN4OS. The number of carbonyl (C=O) groups is 1. The molecule has 7 heteroatoms. The molecule has 1 N–H and O–H groups in total. The molecule has 0 saturated carbocycles. The standard InChI is InChI=1S/C22H23FN4OS/c1-26-13-10-24-22(26)29-15-16-6-4-7-17(14-16)21(28)25-20-18(23)8-5-9-19(20)27-11-2-3-12-27/h4-10,13-14H,2-3,11-12,15H2,1H3,(H,25,28). The number of para-hydroxylation sites is 1. The average Bonchev–Trinajstić information content (AvgIpc) is 3.40. The molecule has 0 bridgehead atoms. The number of carbonyl (C=O) groups excluding carboxylic acids is 1. The van der Waals surface area contributed by atoms with Crippen molar-refractivity contribution in [3.63, 3.8) is 0 Å². The van der Waals surface area contributed by atoms with E-state index in [0.717, 1.165) is 42.3 Å². The van der Waals surface area contributed by atoms with Gasteiger partial charge < -0.3 is 14.8 Å². The van der Waals surface area contributed by atoms with Crippen molar-refractivity contribution >= 4 is 29.0 Å². The van der Waals surface area contributed by atoms with E-state index in [1.165, 1.54) is 6.07 Å². The average molecular weight is 411 g/mol. The van der Waals surface area contributed by atoms with Crippen LogP contribution in [-0.4, -0.2) is 28.5 Å². The van der Waals surface area contributed by atoms with E-state index in [2.05, 4.69) is 15.2 Å². The van der Waals surface area contributed by atoms with E-state index in [1.807, 2.05) is 42.1 Å². The number of thioether (sulfide) groups is 1. The summed E-state index contributed by atoms with van der Waals surface area (Å²) in [7, 11) is 1.95. The predicted octanol–water partition coefficient (Wildman–Crippen LogP) is 4.70. The smallest absolute Gasteiger partial charge is 0.255 e. The first kappa shape index (κ1) is 19.5. The predicted molar refractivity (Wildman–Crippen MR) is 115 cm³/mol. The highest BCUT2D eigenvalue weighted by atomic mass is 32.2. The van der Waals surface area contributed by atoms with Gasteiger partial charge >= 0.3 is 0 Å². The zero-order valence-corrected chi connectivity index (χ0v) is 17.1. The van der Waals surface area contributed by atoms with Crippen LogP contribution < -0.4 is 10.2 Å². The minimum atomic E-state index is -0.413. The van der Waals surface area contributed by atoms with E-state index in [0.29, 0.717) is 11.3 Å². The van der Waals surface area contributed by atoms with Gasteiger partial charge in [-0.2, -0.15) is 0 Å². The second-order valence-electron chi connectivity index (χ2n) is 7.09. The molecular weight excluding hydrogens is 387 g/mol. The third-order valence-corrected chi connectivity index (χ3v) is 6.14. The summed E-state index contributed by atoms with van der Waals surface area (Å²) in [5.74, 6) is -0.0198. The molecule has 0 atom stereocenters. The van der Waals surface area contributed by atoms with Crippen LogP contribution in [-0.2, 0) is 12.8 Å². The number of aryl methyl sites for hydroxylation is 1. The number of nitrogens with one attached hydrogen (secondary N) is 1. The minimum Gasteiger partial charge on any atom is -0.370 e. The van der Waals surface area contributed by atoms with Gasteiger partial charge in [0.15, 0.2) is 5.16 Å². The summed E-state index contributed by atoms with van der Waals surface area (Å²) in [5.41, 5.74) is 2.53. The Bertz CT molecular complexity index is 1010. The molecule has 1 amide bonds. The molecule has 0 spiro atoms. The maximum absolute atomic E-state index is 14.5. The van der Waals surface area contributed by atoms with Crippen LogP contribution in [0.5, 0.6) is 0 Å². The summed E-state index contributed by atoms with van der Waals surface area (Å²) in [4.78, 5) is 19.3. The number of imidazole rings is 1. The Morgan fingerprint density at radius 1 is 1.21 bits per heavy atom. The molecule has 3 aromatic rings. The third kappa shape index (κ3) is 4.45. The summed E-state index contributed by atoms with van der Waals surface area (Å²) >= 11 is 1.61. The number of rotatable bonds is 6. The molecule has 0 unspecified atom stereocenters. The molecule has 0 radical (unpaired) electrons. The lowest BCUT2D eigenvalue weighted by molar-refractivity contribution is 0.102. The van der Waals surface area contributed by atoms with E-state index < -0.39 is 5.82 Å². The van der Waals surface area contributed by atoms with Crippen molar-refractivity contribution < 1.29 is 9.18 Å². The van der Waals surface area contributed by atoms with Gasteiger partial charge in [0.05, 0.1) is 5.69 Å². The maximum Gasteiger partial charge on any atom is 0.255 e. The molecule has 2 heterocycles. The number of amides is 1. The molecule has 5 nitrogen and oxygen atoms in total. The topological polar surface area (TPSA) is 50.2 Å². The lowest BCUT2D eigenvalue weighted by Gasteiger charge is -2.22. The van der Waals surface area contributed by atoms with Gasteiger partial charge in [0.1, 0.15) is 11.5 Å². The van der Waals surface area contributed by atoms with Crippen molar-refractivity contribution in [2.75, 3.05) is 23.3 Å². The summed E-state index contributed by atoms with van der Waals surface area (Å²) in [6.45, 7) is 1.76. The Morgan fingerprint density at radius 3 is 2.76 bits per heavy atom. The second-order valence-corrected chi connectivity index (χ2v) is 8.03. The lowest BCUT2D eigenvalue weighted by atomic mass is 10.1. The number of halogens is 1. The molecule has 1 saturated heterocycles. The number of benzene rings is 2. The van der Waals surface area contributed by atoms with Crippen LogP contribution in [0.25, 0.3) is 0 Å². The summed E-state index contributed by atoms with van der Waals surface area (Å²) in [6.07, 6.45) is 5.83. The summed E-state index contributed by atoms with van der Waals surface area (Å²) in [5, 5.41) is 3.72. The van der Waals surface area contributed by atoms with Gasteiger partial charge in [0, 0.05) is 43.8 Å². The molecule has 1 fully saturated rings. The zero-order valence-electron chi connectivity index (χ0n) is 16.3. The highest BCUT2D eigenvalue weighted by molar-refractivity contribution is 7.98. The quantitative estimate of drug-likeness (QED) is 0.598. The van der Waals surface area contributed by atoms with Gasteiger partial charge in [-0.15, -0.1) is 0 Å². The SMILES string of the molecule is Cn1ccnc1SCc1cccc(C(=O)Nc2c(F)cccc2N2CCCC2)c1. The van der Waals surface area contributed by atoms with Gasteiger partial charge in [-0.3, -0.25) is 4.79 Å². The Kier molecular flexibility index (Phi) is 5.85. The van der Waals surface area contributed by atoms with Crippen molar-refractivity contribution in [3.05, 3.63) is 71.8 Å². The largest absolute Gasteiger partial charge is 0.370 e. The Hall–Kier alpha value is -2.80. The molecule has 1 aromatic heterocycles. The Labute approximate surface area is 173 Å². The first-order chi connectivity index (χ1) is 14.1. The van der Waals surface area contributed by atoms with E-state index in [4.69, 9.17) is 0 Å². The summed E-state index contributed by atoms with van der Waals surface area (Å²) in [6, 6.07) is 12.4. The number of aromatic nitrogens is 2. The normalized spacial score (nSPS) is 13.7. The molecule has 0 aliphatic carbocycles. The molecule has 1 aliphatic rings. The third-order valence-electron chi connectivity index (χ3n) is 5.01. The molecule has 2 aromatic carbocycles. The van der Waals surface area contributed by atoms with Gasteiger partial charge in [0.25, 0.3) is 5.91 Å². The number of hydrogen-bond acceptors (Lipinski definition) is 4. The van der Waals surface area contributed by atoms with E-state index >= 15 is 0 Å². The van der Waals surface area contributed by atoms with Crippen LogP contribution in [0.3, 0.4) is 0 Å². The van der Waals surface area contributed by atoms with Gasteiger partial charge in [-0.25, -0.2) is 9.37 Å². The van der Waals surface area contributed by atoms with Crippen molar-refractivity contribution in [1.29, 1.82) is 0 Å². The fraction of sp³-hybridized carbons (Fsp3) is 0.273. The molecule has 29 heavy (non-hydrogen) atoms. The van der Waals surface area contributed by atoms with Crippen molar-refractivity contribution in [3.8, 4) is 0 Å². The van der Waals surface area contributed by atoms with Crippen LogP contribution >= 0.6 is 11.8 Å². The lowest BCUT2D eigenvalue weighted by Crippen LogP contribution is -2.22. The molecule has 1 aliphatic heterocycles. The Morgan fingerprint density at radius 2 is 2.00 bits per heavy atom. The molecule has 150 valence electrons. The van der Waals surface area contributed by atoms with E-state index in [1.54, 1.807) is 30.1 Å². The van der Waals surface area contributed by atoms with Crippen molar-refractivity contribution in [1.82, 2.24) is 9.55 Å². The fourth-order valence-electron chi connectivity index (χ4n) is 3.49. The molecule has 4 rings (SSSR count). The monoisotopic (exact) mass is 410 g/mol. The highest BCUT2D eigenvalue weighted by Crippen LogP contribution is 2.31. The fourth-order valence-corrected chi connectivity index (χ4v) is 4.36. The first-order valence-corrected chi connectivity index (χ1v) is 10.6. The second kappa shape index (κ2) is 8.69. The highest BCUT2D eigenvalue weighted by Gasteiger charge is 2.20. The Balaban J connectivity index is 1.50. The van der Waals surface area contributed by atoms with Crippen molar-refractivity contribution in [2.24, 2.45) is 7.05 Å². The maximum atomic E-state index is 14.5. The number of hydrogen-bond donors (Lipinski definition) is 1.